The monoisotopic (exact) mass is 321 g/mol. The highest BCUT2D eigenvalue weighted by molar-refractivity contribution is 5.43. The van der Waals surface area contributed by atoms with Gasteiger partial charge in [0.2, 0.25) is 0 Å². The number of aliphatic hydroxyl groups is 1. The van der Waals surface area contributed by atoms with Crippen LogP contribution in [0, 0.1) is 0 Å². The fourth-order valence-corrected chi connectivity index (χ4v) is 2.04. The van der Waals surface area contributed by atoms with E-state index in [1.807, 2.05) is 0 Å². The molecule has 0 saturated heterocycles. The number of halogens is 3. The van der Waals surface area contributed by atoms with Crippen LogP contribution in [0.1, 0.15) is 32.4 Å². The predicted molar refractivity (Wildman–Crippen MR) is 77.2 cm³/mol. The summed E-state index contributed by atoms with van der Waals surface area (Å²) in [6.07, 6.45) is -6.36. The normalized spacial score (nSPS) is 15.3. The summed E-state index contributed by atoms with van der Waals surface area (Å²) in [5.41, 5.74) is -0.714. The zero-order valence-electron chi connectivity index (χ0n) is 13.3. The molecular formula is C15H22F3NO3. The lowest BCUT2D eigenvalue weighted by Gasteiger charge is -2.33. The van der Waals surface area contributed by atoms with E-state index in [1.54, 1.807) is 20.8 Å². The molecule has 126 valence electrons. The maximum absolute atomic E-state index is 13.2. The SMILES string of the molecule is COc1ccc(C(O)C(NC(C)(C)C)C(F)(F)F)cc1OC. The molecule has 0 bridgehead atoms. The minimum atomic E-state index is -4.60. The van der Waals surface area contributed by atoms with Gasteiger partial charge in [0.1, 0.15) is 12.1 Å². The average molecular weight is 321 g/mol. The number of rotatable bonds is 5. The third kappa shape index (κ3) is 4.78. The van der Waals surface area contributed by atoms with Crippen molar-refractivity contribution in [3.63, 3.8) is 0 Å². The Hall–Kier alpha value is -1.47. The lowest BCUT2D eigenvalue weighted by atomic mass is 9.98. The summed E-state index contributed by atoms with van der Waals surface area (Å²) in [5.74, 6) is 0.640. The molecule has 0 fully saturated rings. The van der Waals surface area contributed by atoms with Gasteiger partial charge in [-0.05, 0) is 38.5 Å². The van der Waals surface area contributed by atoms with Gasteiger partial charge in [-0.1, -0.05) is 6.07 Å². The van der Waals surface area contributed by atoms with Crippen LogP contribution < -0.4 is 14.8 Å². The molecule has 4 nitrogen and oxygen atoms in total. The molecule has 0 spiro atoms. The minimum absolute atomic E-state index is 0.0942. The van der Waals surface area contributed by atoms with Crippen LogP contribution in [0.15, 0.2) is 18.2 Å². The molecule has 0 saturated carbocycles. The first-order chi connectivity index (χ1) is 9.99. The molecule has 1 rings (SSSR count). The van der Waals surface area contributed by atoms with E-state index in [2.05, 4.69) is 5.32 Å². The minimum Gasteiger partial charge on any atom is -0.493 e. The van der Waals surface area contributed by atoms with E-state index < -0.39 is 23.9 Å². The van der Waals surface area contributed by atoms with Crippen molar-refractivity contribution in [3.8, 4) is 11.5 Å². The third-order valence-electron chi connectivity index (χ3n) is 3.01. The van der Waals surface area contributed by atoms with Crippen LogP contribution in [0.4, 0.5) is 13.2 Å². The lowest BCUT2D eigenvalue weighted by molar-refractivity contribution is -0.183. The number of nitrogens with one attached hydrogen (secondary N) is 1. The quantitative estimate of drug-likeness (QED) is 0.875. The summed E-state index contributed by atoms with van der Waals surface area (Å²) in [7, 11) is 2.80. The van der Waals surface area contributed by atoms with Gasteiger partial charge in [0.15, 0.2) is 11.5 Å². The second-order valence-corrected chi connectivity index (χ2v) is 5.97. The van der Waals surface area contributed by atoms with Crippen molar-refractivity contribution in [2.24, 2.45) is 0 Å². The maximum atomic E-state index is 13.2. The van der Waals surface area contributed by atoms with Crippen molar-refractivity contribution >= 4 is 0 Å². The van der Waals surface area contributed by atoms with Gasteiger partial charge in [0.25, 0.3) is 0 Å². The van der Waals surface area contributed by atoms with E-state index in [0.29, 0.717) is 5.75 Å². The Bertz CT molecular complexity index is 498. The molecule has 2 unspecified atom stereocenters. The maximum Gasteiger partial charge on any atom is 0.406 e. The van der Waals surface area contributed by atoms with Gasteiger partial charge in [-0.3, -0.25) is 5.32 Å². The fraction of sp³-hybridized carbons (Fsp3) is 0.600. The van der Waals surface area contributed by atoms with Gasteiger partial charge in [0.05, 0.1) is 14.2 Å². The number of hydrogen-bond donors (Lipinski definition) is 2. The van der Waals surface area contributed by atoms with Crippen molar-refractivity contribution in [1.29, 1.82) is 0 Å². The van der Waals surface area contributed by atoms with Gasteiger partial charge >= 0.3 is 6.18 Å². The van der Waals surface area contributed by atoms with E-state index in [-0.39, 0.29) is 11.3 Å². The predicted octanol–water partition coefficient (Wildman–Crippen LogP) is 3.06. The van der Waals surface area contributed by atoms with E-state index in [0.717, 1.165) is 0 Å². The summed E-state index contributed by atoms with van der Waals surface area (Å²) in [6, 6.07) is 2.09. The molecule has 2 atom stereocenters. The lowest BCUT2D eigenvalue weighted by Crippen LogP contribution is -2.54. The molecule has 2 N–H and O–H groups in total. The second kappa shape index (κ2) is 6.75. The number of aliphatic hydroxyl groups excluding tert-OH is 1. The highest BCUT2D eigenvalue weighted by Crippen LogP contribution is 2.35. The molecule has 0 heterocycles. The Morgan fingerprint density at radius 3 is 2.00 bits per heavy atom. The first-order valence-electron chi connectivity index (χ1n) is 6.74. The number of ether oxygens (including phenoxy) is 2. The van der Waals surface area contributed by atoms with Gasteiger partial charge in [-0.15, -0.1) is 0 Å². The number of benzene rings is 1. The summed E-state index contributed by atoms with van der Waals surface area (Å²) >= 11 is 0. The van der Waals surface area contributed by atoms with Crippen LogP contribution in [0.2, 0.25) is 0 Å². The molecule has 0 aliphatic heterocycles. The molecule has 1 aromatic rings. The van der Waals surface area contributed by atoms with Crippen LogP contribution in [0.5, 0.6) is 11.5 Å². The van der Waals surface area contributed by atoms with Crippen molar-refractivity contribution in [3.05, 3.63) is 23.8 Å². The standard InChI is InChI=1S/C15H22F3NO3/c1-14(2,3)19-13(15(16,17)18)12(20)9-6-7-10(21-4)11(8-9)22-5/h6-8,12-13,19-20H,1-5H3. The smallest absolute Gasteiger partial charge is 0.406 e. The van der Waals surface area contributed by atoms with Gasteiger partial charge in [0, 0.05) is 5.54 Å². The fourth-order valence-electron chi connectivity index (χ4n) is 2.04. The van der Waals surface area contributed by atoms with Crippen molar-refractivity contribution < 1.29 is 27.8 Å². The molecule has 0 aliphatic carbocycles. The largest absolute Gasteiger partial charge is 0.493 e. The molecule has 0 radical (unpaired) electrons. The molecule has 7 heteroatoms. The zero-order valence-corrected chi connectivity index (χ0v) is 13.3. The van der Waals surface area contributed by atoms with E-state index in [4.69, 9.17) is 9.47 Å². The highest BCUT2D eigenvalue weighted by atomic mass is 19.4. The van der Waals surface area contributed by atoms with Crippen molar-refractivity contribution in [2.75, 3.05) is 14.2 Å². The number of hydrogen-bond acceptors (Lipinski definition) is 4. The van der Waals surface area contributed by atoms with Gasteiger partial charge in [-0.25, -0.2) is 0 Å². The van der Waals surface area contributed by atoms with E-state index >= 15 is 0 Å². The molecular weight excluding hydrogens is 299 g/mol. The molecule has 0 aliphatic rings. The zero-order chi connectivity index (χ0) is 17.1. The van der Waals surface area contributed by atoms with E-state index in [9.17, 15) is 18.3 Å². The second-order valence-electron chi connectivity index (χ2n) is 5.97. The Labute approximate surface area is 128 Å². The molecule has 1 aromatic carbocycles. The van der Waals surface area contributed by atoms with Crippen molar-refractivity contribution in [1.82, 2.24) is 5.32 Å². The number of alkyl halides is 3. The Morgan fingerprint density at radius 2 is 1.59 bits per heavy atom. The average Bonchev–Trinajstić information content (AvgIpc) is 2.41. The topological polar surface area (TPSA) is 50.7 Å². The molecule has 0 amide bonds. The summed E-state index contributed by atoms with van der Waals surface area (Å²) < 4.78 is 49.8. The molecule has 0 aromatic heterocycles. The first-order valence-corrected chi connectivity index (χ1v) is 6.74. The van der Waals surface area contributed by atoms with Crippen molar-refractivity contribution in [2.45, 2.75) is 44.6 Å². The summed E-state index contributed by atoms with van der Waals surface area (Å²) in [4.78, 5) is 0. The summed E-state index contributed by atoms with van der Waals surface area (Å²) in [5, 5.41) is 12.6. The Balaban J connectivity index is 3.16. The van der Waals surface area contributed by atoms with Gasteiger partial charge in [-0.2, -0.15) is 13.2 Å². The number of methoxy groups -OCH3 is 2. The molecule has 22 heavy (non-hydrogen) atoms. The van der Waals surface area contributed by atoms with Crippen LogP contribution in [-0.2, 0) is 0 Å². The van der Waals surface area contributed by atoms with E-state index in [1.165, 1.54) is 32.4 Å². The van der Waals surface area contributed by atoms with Gasteiger partial charge < -0.3 is 14.6 Å². The van der Waals surface area contributed by atoms with Crippen LogP contribution in [0.25, 0.3) is 0 Å². The van der Waals surface area contributed by atoms with Crippen LogP contribution in [-0.4, -0.2) is 37.1 Å². The van der Waals surface area contributed by atoms with Crippen LogP contribution >= 0.6 is 0 Å². The highest BCUT2D eigenvalue weighted by Gasteiger charge is 2.46. The third-order valence-corrected chi connectivity index (χ3v) is 3.01. The first kappa shape index (κ1) is 18.6. The van der Waals surface area contributed by atoms with Crippen LogP contribution in [0.3, 0.4) is 0 Å². The summed E-state index contributed by atoms with van der Waals surface area (Å²) in [6.45, 7) is 4.81. The Kier molecular flexibility index (Phi) is 5.70. The Morgan fingerprint density at radius 1 is 1.05 bits per heavy atom.